The maximum atomic E-state index is 5.57. The van der Waals surface area contributed by atoms with E-state index in [0.29, 0.717) is 0 Å². The molecule has 3 heterocycles. The zero-order valence-electron chi connectivity index (χ0n) is 14.5. The Hall–Kier alpha value is -1.85. The SMILES string of the molecule is COc1ccc(C)cc1Cn1cnc2c1CCNC21CCOCC1. The summed E-state index contributed by atoms with van der Waals surface area (Å²) in [5, 5.41) is 3.72. The number of imidazole rings is 1. The summed E-state index contributed by atoms with van der Waals surface area (Å²) in [6.45, 7) is 5.55. The molecule has 4 rings (SSSR count). The van der Waals surface area contributed by atoms with Crippen LogP contribution in [0.3, 0.4) is 0 Å². The molecule has 128 valence electrons. The highest BCUT2D eigenvalue weighted by atomic mass is 16.5. The average Bonchev–Trinajstić information content (AvgIpc) is 3.01. The van der Waals surface area contributed by atoms with Crippen molar-refractivity contribution in [1.82, 2.24) is 14.9 Å². The van der Waals surface area contributed by atoms with Crippen molar-refractivity contribution in [3.05, 3.63) is 47.0 Å². The van der Waals surface area contributed by atoms with E-state index in [1.807, 2.05) is 6.33 Å². The van der Waals surface area contributed by atoms with E-state index in [4.69, 9.17) is 14.5 Å². The standard InChI is InChI=1S/C19H25N3O2/c1-14-3-4-17(23-2)15(11-14)12-22-13-20-18-16(22)5-8-21-19(18)6-9-24-10-7-19/h3-4,11,13,21H,5-10,12H2,1-2H3. The Labute approximate surface area is 143 Å². The van der Waals surface area contributed by atoms with E-state index in [2.05, 4.69) is 35.0 Å². The fraction of sp³-hybridized carbons (Fsp3) is 0.526. The first-order valence-corrected chi connectivity index (χ1v) is 8.73. The van der Waals surface area contributed by atoms with Crippen LogP contribution in [0.2, 0.25) is 0 Å². The second-order valence-corrected chi connectivity index (χ2v) is 6.85. The van der Waals surface area contributed by atoms with Crippen molar-refractivity contribution in [1.29, 1.82) is 0 Å². The van der Waals surface area contributed by atoms with Gasteiger partial charge >= 0.3 is 0 Å². The van der Waals surface area contributed by atoms with Gasteiger partial charge in [0.25, 0.3) is 0 Å². The number of rotatable bonds is 3. The van der Waals surface area contributed by atoms with Gasteiger partial charge in [0, 0.05) is 37.4 Å². The minimum Gasteiger partial charge on any atom is -0.496 e. The monoisotopic (exact) mass is 327 g/mol. The number of methoxy groups -OCH3 is 1. The predicted molar refractivity (Wildman–Crippen MR) is 92.5 cm³/mol. The molecule has 0 unspecified atom stereocenters. The van der Waals surface area contributed by atoms with Gasteiger partial charge in [0.15, 0.2) is 0 Å². The van der Waals surface area contributed by atoms with E-state index in [-0.39, 0.29) is 5.54 Å². The fourth-order valence-electron chi connectivity index (χ4n) is 4.06. The topological polar surface area (TPSA) is 48.3 Å². The van der Waals surface area contributed by atoms with Gasteiger partial charge in [0.2, 0.25) is 0 Å². The number of benzene rings is 1. The van der Waals surface area contributed by atoms with E-state index in [1.165, 1.54) is 22.5 Å². The Balaban J connectivity index is 1.68. The molecule has 0 aliphatic carbocycles. The summed E-state index contributed by atoms with van der Waals surface area (Å²) in [6, 6.07) is 6.35. The summed E-state index contributed by atoms with van der Waals surface area (Å²) in [7, 11) is 1.73. The Kier molecular flexibility index (Phi) is 4.06. The minimum atomic E-state index is 0.00771. The van der Waals surface area contributed by atoms with Gasteiger partial charge in [0.1, 0.15) is 5.75 Å². The molecule has 0 amide bonds. The fourth-order valence-corrected chi connectivity index (χ4v) is 4.06. The van der Waals surface area contributed by atoms with Crippen LogP contribution in [0.4, 0.5) is 0 Å². The highest BCUT2D eigenvalue weighted by Gasteiger charge is 2.40. The van der Waals surface area contributed by atoms with Crippen molar-refractivity contribution in [2.24, 2.45) is 0 Å². The molecule has 1 spiro atoms. The second-order valence-electron chi connectivity index (χ2n) is 6.85. The van der Waals surface area contributed by atoms with Crippen LogP contribution in [0.5, 0.6) is 5.75 Å². The molecule has 0 radical (unpaired) electrons. The Morgan fingerprint density at radius 1 is 1.33 bits per heavy atom. The lowest BCUT2D eigenvalue weighted by atomic mass is 9.82. The van der Waals surface area contributed by atoms with Gasteiger partial charge in [-0.25, -0.2) is 4.98 Å². The number of hydrogen-bond donors (Lipinski definition) is 1. The summed E-state index contributed by atoms with van der Waals surface area (Å²) in [4.78, 5) is 4.81. The molecule has 2 aliphatic rings. The first-order chi connectivity index (χ1) is 11.7. The van der Waals surface area contributed by atoms with Crippen molar-refractivity contribution in [2.75, 3.05) is 26.9 Å². The lowest BCUT2D eigenvalue weighted by Crippen LogP contribution is -2.51. The molecular weight excluding hydrogens is 302 g/mol. The first-order valence-electron chi connectivity index (χ1n) is 8.73. The predicted octanol–water partition coefficient (Wildman–Crippen LogP) is 2.40. The lowest BCUT2D eigenvalue weighted by Gasteiger charge is -2.40. The highest BCUT2D eigenvalue weighted by molar-refractivity contribution is 5.38. The van der Waals surface area contributed by atoms with Crippen LogP contribution in [-0.4, -0.2) is 36.4 Å². The largest absolute Gasteiger partial charge is 0.496 e. The van der Waals surface area contributed by atoms with Gasteiger partial charge in [-0.3, -0.25) is 0 Å². The summed E-state index contributed by atoms with van der Waals surface area (Å²) >= 11 is 0. The summed E-state index contributed by atoms with van der Waals surface area (Å²) in [5.74, 6) is 0.942. The highest BCUT2D eigenvalue weighted by Crippen LogP contribution is 2.36. The van der Waals surface area contributed by atoms with Crippen LogP contribution in [-0.2, 0) is 23.2 Å². The molecule has 1 aromatic carbocycles. The lowest BCUT2D eigenvalue weighted by molar-refractivity contribution is 0.0322. The van der Waals surface area contributed by atoms with Gasteiger partial charge in [-0.15, -0.1) is 0 Å². The van der Waals surface area contributed by atoms with Gasteiger partial charge in [-0.1, -0.05) is 17.7 Å². The van der Waals surface area contributed by atoms with Gasteiger partial charge in [-0.05, 0) is 25.8 Å². The normalized spacial score (nSPS) is 19.2. The number of aromatic nitrogens is 2. The smallest absolute Gasteiger partial charge is 0.123 e. The van der Waals surface area contributed by atoms with Crippen molar-refractivity contribution in [3.8, 4) is 5.75 Å². The number of nitrogens with zero attached hydrogens (tertiary/aromatic N) is 2. The van der Waals surface area contributed by atoms with Gasteiger partial charge in [-0.2, -0.15) is 0 Å². The van der Waals surface area contributed by atoms with Crippen LogP contribution in [0, 0.1) is 6.92 Å². The molecule has 1 N–H and O–H groups in total. The molecule has 5 nitrogen and oxygen atoms in total. The van der Waals surface area contributed by atoms with Crippen molar-refractivity contribution < 1.29 is 9.47 Å². The van der Waals surface area contributed by atoms with Crippen LogP contribution < -0.4 is 10.1 Å². The molecule has 1 saturated heterocycles. The number of aryl methyl sites for hydroxylation is 1. The van der Waals surface area contributed by atoms with E-state index in [0.717, 1.165) is 51.3 Å². The molecule has 0 bridgehead atoms. The molecular formula is C19H25N3O2. The molecule has 24 heavy (non-hydrogen) atoms. The minimum absolute atomic E-state index is 0.00771. The summed E-state index contributed by atoms with van der Waals surface area (Å²) < 4.78 is 13.4. The van der Waals surface area contributed by atoms with Crippen molar-refractivity contribution in [3.63, 3.8) is 0 Å². The summed E-state index contributed by atoms with van der Waals surface area (Å²) in [6.07, 6.45) is 5.03. The van der Waals surface area contributed by atoms with E-state index in [1.54, 1.807) is 7.11 Å². The van der Waals surface area contributed by atoms with E-state index < -0.39 is 0 Å². The molecule has 0 atom stereocenters. The maximum absolute atomic E-state index is 5.57. The Morgan fingerprint density at radius 3 is 2.96 bits per heavy atom. The maximum Gasteiger partial charge on any atom is 0.123 e. The summed E-state index contributed by atoms with van der Waals surface area (Å²) in [5.41, 5.74) is 5.05. The quantitative estimate of drug-likeness (QED) is 0.940. The Morgan fingerprint density at radius 2 is 2.17 bits per heavy atom. The number of nitrogens with one attached hydrogen (secondary N) is 1. The number of fused-ring (bicyclic) bond motifs is 2. The van der Waals surface area contributed by atoms with Crippen LogP contribution in [0.15, 0.2) is 24.5 Å². The third kappa shape index (κ3) is 2.62. The van der Waals surface area contributed by atoms with Crippen molar-refractivity contribution in [2.45, 2.75) is 38.3 Å². The molecule has 2 aliphatic heterocycles. The average molecular weight is 327 g/mol. The van der Waals surface area contributed by atoms with Gasteiger partial charge < -0.3 is 19.4 Å². The Bertz CT molecular complexity index is 732. The molecule has 5 heteroatoms. The molecule has 2 aromatic rings. The third-order valence-electron chi connectivity index (χ3n) is 5.35. The van der Waals surface area contributed by atoms with E-state index >= 15 is 0 Å². The van der Waals surface area contributed by atoms with Crippen LogP contribution >= 0.6 is 0 Å². The van der Waals surface area contributed by atoms with Gasteiger partial charge in [0.05, 0.1) is 31.2 Å². The zero-order chi connectivity index (χ0) is 16.6. The van der Waals surface area contributed by atoms with Crippen molar-refractivity contribution >= 4 is 0 Å². The molecule has 0 saturated carbocycles. The number of ether oxygens (including phenoxy) is 2. The first kappa shape index (κ1) is 15.7. The zero-order valence-corrected chi connectivity index (χ0v) is 14.5. The van der Waals surface area contributed by atoms with E-state index in [9.17, 15) is 0 Å². The van der Waals surface area contributed by atoms with Crippen LogP contribution in [0.25, 0.3) is 0 Å². The number of hydrogen-bond acceptors (Lipinski definition) is 4. The molecule has 1 fully saturated rings. The molecule has 1 aromatic heterocycles. The third-order valence-corrected chi connectivity index (χ3v) is 5.35. The second kappa shape index (κ2) is 6.22. The van der Waals surface area contributed by atoms with Crippen LogP contribution in [0.1, 0.15) is 35.4 Å².